The zero-order valence-corrected chi connectivity index (χ0v) is 12.4. The Hall–Kier alpha value is -3.07. The van der Waals surface area contributed by atoms with Crippen LogP contribution < -0.4 is 4.72 Å². The minimum atomic E-state index is -3.88. The molecule has 0 saturated heterocycles. The van der Waals surface area contributed by atoms with Crippen LogP contribution in [0.3, 0.4) is 0 Å². The second-order valence-corrected chi connectivity index (χ2v) is 6.12. The van der Waals surface area contributed by atoms with Gasteiger partial charge in [0, 0.05) is 6.20 Å². The lowest BCUT2D eigenvalue weighted by molar-refractivity contribution is 0.0690. The molecule has 2 heterocycles. The topological polar surface area (TPSA) is 114 Å². The lowest BCUT2D eigenvalue weighted by Crippen LogP contribution is -2.14. The Morgan fingerprint density at radius 2 is 1.96 bits per heavy atom. The average Bonchev–Trinajstić information content (AvgIpc) is 3.19. The fourth-order valence-corrected chi connectivity index (χ4v) is 2.95. The van der Waals surface area contributed by atoms with Gasteiger partial charge in [0.2, 0.25) is 5.09 Å². The molecule has 0 radical (unpaired) electrons. The zero-order chi connectivity index (χ0) is 16.4. The predicted octanol–water partition coefficient (Wildman–Crippen LogP) is 1.96. The molecule has 0 bridgehead atoms. The van der Waals surface area contributed by atoms with Crippen molar-refractivity contribution in [3.05, 3.63) is 60.6 Å². The van der Waals surface area contributed by atoms with Crippen LogP contribution in [0.5, 0.6) is 0 Å². The Morgan fingerprint density at radius 1 is 1.17 bits per heavy atom. The number of furan rings is 1. The Labute approximate surface area is 131 Å². The summed E-state index contributed by atoms with van der Waals surface area (Å²) in [6.07, 6.45) is 2.69. The number of sulfonamides is 1. The highest BCUT2D eigenvalue weighted by atomic mass is 32.2. The lowest BCUT2D eigenvalue weighted by Gasteiger charge is -2.11. The highest BCUT2D eigenvalue weighted by molar-refractivity contribution is 7.92. The monoisotopic (exact) mass is 333 g/mol. The smallest absolute Gasteiger partial charge is 0.356 e. The largest absolute Gasteiger partial charge is 0.476 e. The van der Waals surface area contributed by atoms with E-state index in [1.807, 2.05) is 0 Å². The summed E-state index contributed by atoms with van der Waals surface area (Å²) in [5.74, 6) is -1.17. The van der Waals surface area contributed by atoms with Crippen LogP contribution in [-0.4, -0.2) is 29.3 Å². The van der Waals surface area contributed by atoms with Gasteiger partial charge < -0.3 is 9.52 Å². The van der Waals surface area contributed by atoms with Crippen LogP contribution in [0.25, 0.3) is 5.69 Å². The molecule has 0 aliphatic heterocycles. The molecule has 118 valence electrons. The zero-order valence-electron chi connectivity index (χ0n) is 11.6. The molecular weight excluding hydrogens is 322 g/mol. The van der Waals surface area contributed by atoms with Crippen molar-refractivity contribution in [2.24, 2.45) is 0 Å². The maximum Gasteiger partial charge on any atom is 0.356 e. The van der Waals surface area contributed by atoms with Crippen LogP contribution in [0.15, 0.2) is 64.4 Å². The van der Waals surface area contributed by atoms with Gasteiger partial charge in [0.05, 0.1) is 17.6 Å². The number of nitrogens with zero attached hydrogens (tertiary/aromatic N) is 2. The van der Waals surface area contributed by atoms with Gasteiger partial charge in [-0.15, -0.1) is 0 Å². The number of aromatic carboxylic acids is 1. The summed E-state index contributed by atoms with van der Waals surface area (Å²) in [5, 5.41) is 12.6. The first kappa shape index (κ1) is 14.9. The number of anilines is 1. The molecule has 1 aromatic carbocycles. The first-order chi connectivity index (χ1) is 11.0. The van der Waals surface area contributed by atoms with E-state index < -0.39 is 16.0 Å². The van der Waals surface area contributed by atoms with Crippen molar-refractivity contribution in [1.29, 1.82) is 0 Å². The molecule has 2 aromatic heterocycles. The summed E-state index contributed by atoms with van der Waals surface area (Å²) < 4.78 is 33.0. The van der Waals surface area contributed by atoms with Gasteiger partial charge in [-0.1, -0.05) is 12.1 Å². The third-order valence-corrected chi connectivity index (χ3v) is 4.21. The summed E-state index contributed by atoms with van der Waals surface area (Å²) in [6.45, 7) is 0. The van der Waals surface area contributed by atoms with E-state index in [4.69, 9.17) is 9.52 Å². The third kappa shape index (κ3) is 2.94. The number of rotatable bonds is 5. The van der Waals surface area contributed by atoms with Crippen LogP contribution >= 0.6 is 0 Å². The summed E-state index contributed by atoms with van der Waals surface area (Å²) >= 11 is 0. The lowest BCUT2D eigenvalue weighted by atomic mass is 10.3. The van der Waals surface area contributed by atoms with E-state index in [1.165, 1.54) is 41.4 Å². The Balaban J connectivity index is 2.00. The van der Waals surface area contributed by atoms with Crippen LogP contribution in [0, 0.1) is 0 Å². The van der Waals surface area contributed by atoms with E-state index in [2.05, 4.69) is 9.82 Å². The van der Waals surface area contributed by atoms with Gasteiger partial charge in [0.15, 0.2) is 5.69 Å². The normalized spacial score (nSPS) is 11.3. The van der Waals surface area contributed by atoms with Crippen LogP contribution in [0.2, 0.25) is 0 Å². The molecule has 0 fully saturated rings. The molecule has 3 aromatic rings. The van der Waals surface area contributed by atoms with E-state index in [0.717, 1.165) is 0 Å². The van der Waals surface area contributed by atoms with Crippen molar-refractivity contribution in [2.75, 3.05) is 4.72 Å². The van der Waals surface area contributed by atoms with Gasteiger partial charge in [-0.25, -0.2) is 9.48 Å². The van der Waals surface area contributed by atoms with Crippen molar-refractivity contribution in [1.82, 2.24) is 9.78 Å². The van der Waals surface area contributed by atoms with Gasteiger partial charge in [-0.05, 0) is 30.3 Å². The number of hydrogen-bond acceptors (Lipinski definition) is 5. The predicted molar refractivity (Wildman–Crippen MR) is 80.0 cm³/mol. The maximum absolute atomic E-state index is 12.2. The van der Waals surface area contributed by atoms with E-state index in [1.54, 1.807) is 18.2 Å². The summed E-state index contributed by atoms with van der Waals surface area (Å²) in [4.78, 5) is 10.9. The van der Waals surface area contributed by atoms with E-state index in [0.29, 0.717) is 5.69 Å². The molecule has 0 aliphatic rings. The standard InChI is InChI=1S/C14H11N3O5S/c18-14(19)11-7-8-17(15-11)12-5-2-1-4-10(12)16-23(20,21)13-6-3-9-22-13/h1-9,16H,(H,18,19). The fourth-order valence-electron chi connectivity index (χ4n) is 1.94. The highest BCUT2D eigenvalue weighted by Gasteiger charge is 2.19. The number of carboxylic acids is 1. The summed E-state index contributed by atoms with van der Waals surface area (Å²) in [5.41, 5.74) is 0.479. The average molecular weight is 333 g/mol. The summed E-state index contributed by atoms with van der Waals surface area (Å²) in [7, 11) is -3.88. The number of nitrogens with one attached hydrogen (secondary N) is 1. The molecule has 0 unspecified atom stereocenters. The minimum absolute atomic E-state index is 0.145. The van der Waals surface area contributed by atoms with Gasteiger partial charge in [0.25, 0.3) is 10.0 Å². The number of carbonyl (C=O) groups is 1. The molecule has 9 heteroatoms. The van der Waals surface area contributed by atoms with E-state index in [-0.39, 0.29) is 16.5 Å². The molecule has 3 rings (SSSR count). The van der Waals surface area contributed by atoms with E-state index >= 15 is 0 Å². The number of hydrogen-bond donors (Lipinski definition) is 2. The quantitative estimate of drug-likeness (QED) is 0.737. The SMILES string of the molecule is O=C(O)c1ccn(-c2ccccc2NS(=O)(=O)c2ccco2)n1. The molecule has 0 spiro atoms. The van der Waals surface area contributed by atoms with Crippen molar-refractivity contribution in [2.45, 2.75) is 5.09 Å². The summed E-state index contributed by atoms with van der Waals surface area (Å²) in [6, 6.07) is 10.6. The second-order valence-electron chi connectivity index (χ2n) is 4.51. The van der Waals surface area contributed by atoms with Crippen molar-refractivity contribution in [3.63, 3.8) is 0 Å². The fraction of sp³-hybridized carbons (Fsp3) is 0. The molecule has 0 amide bonds. The van der Waals surface area contributed by atoms with Crippen LogP contribution in [0.1, 0.15) is 10.5 Å². The van der Waals surface area contributed by atoms with E-state index in [9.17, 15) is 13.2 Å². The van der Waals surface area contributed by atoms with Crippen molar-refractivity contribution >= 4 is 21.7 Å². The number of para-hydroxylation sites is 2. The molecule has 23 heavy (non-hydrogen) atoms. The molecule has 8 nitrogen and oxygen atoms in total. The van der Waals surface area contributed by atoms with Gasteiger partial charge in [-0.3, -0.25) is 4.72 Å². The van der Waals surface area contributed by atoms with Crippen molar-refractivity contribution < 1.29 is 22.7 Å². The van der Waals surface area contributed by atoms with Crippen LogP contribution in [0.4, 0.5) is 5.69 Å². The second kappa shape index (κ2) is 5.61. The Bertz CT molecular complexity index is 944. The third-order valence-electron chi connectivity index (χ3n) is 2.96. The van der Waals surface area contributed by atoms with Crippen LogP contribution in [-0.2, 0) is 10.0 Å². The minimum Gasteiger partial charge on any atom is -0.476 e. The number of carboxylic acid groups (broad SMARTS) is 1. The Morgan fingerprint density at radius 3 is 2.61 bits per heavy atom. The van der Waals surface area contributed by atoms with Gasteiger partial charge in [0.1, 0.15) is 0 Å². The van der Waals surface area contributed by atoms with Crippen molar-refractivity contribution in [3.8, 4) is 5.69 Å². The van der Waals surface area contributed by atoms with Gasteiger partial charge >= 0.3 is 5.97 Å². The molecule has 0 aliphatic carbocycles. The molecule has 0 saturated carbocycles. The van der Waals surface area contributed by atoms with Gasteiger partial charge in [-0.2, -0.15) is 13.5 Å². The highest BCUT2D eigenvalue weighted by Crippen LogP contribution is 2.23. The Kier molecular flexibility index (Phi) is 3.62. The maximum atomic E-state index is 12.2. The molecule has 0 atom stereocenters. The molecular formula is C14H11N3O5S. The number of benzene rings is 1. The molecule has 2 N–H and O–H groups in total. The number of aromatic nitrogens is 2. The first-order valence-electron chi connectivity index (χ1n) is 6.42. The first-order valence-corrected chi connectivity index (χ1v) is 7.90.